The molecule has 13 heavy (non-hydrogen) atoms. The van der Waals surface area contributed by atoms with Crippen molar-refractivity contribution >= 4 is 5.78 Å². The molecule has 0 aliphatic rings. The topological polar surface area (TPSA) is 30.0 Å². The second-order valence-electron chi connectivity index (χ2n) is 2.92. The van der Waals surface area contributed by atoms with Gasteiger partial charge in [0, 0.05) is 12.6 Å². The molecule has 1 aromatic heterocycles. The lowest BCUT2D eigenvalue weighted by molar-refractivity contribution is 0.0978. The van der Waals surface area contributed by atoms with E-state index in [1.165, 1.54) is 0 Å². The zero-order chi connectivity index (χ0) is 9.68. The second-order valence-corrected chi connectivity index (χ2v) is 2.92. The quantitative estimate of drug-likeness (QED) is 0.520. The van der Waals surface area contributed by atoms with Crippen LogP contribution in [-0.2, 0) is 0 Å². The fraction of sp³-hybridized carbons (Fsp3) is 0.273. The highest BCUT2D eigenvalue weighted by atomic mass is 16.1. The normalized spacial score (nSPS) is 9.62. The molecule has 0 spiro atoms. The second kappa shape index (κ2) is 4.55. The van der Waals surface area contributed by atoms with E-state index in [0.717, 1.165) is 12.0 Å². The van der Waals surface area contributed by atoms with Crippen molar-refractivity contribution in [1.82, 2.24) is 4.98 Å². The Hall–Kier alpha value is -1.44. The summed E-state index contributed by atoms with van der Waals surface area (Å²) in [4.78, 5) is 15.6. The zero-order valence-electron chi connectivity index (χ0n) is 7.79. The molecule has 2 heteroatoms. The molecular weight excluding hydrogens is 162 g/mol. The van der Waals surface area contributed by atoms with Crippen molar-refractivity contribution in [2.45, 2.75) is 19.8 Å². The minimum Gasteiger partial charge on any atom is -0.292 e. The van der Waals surface area contributed by atoms with Gasteiger partial charge in [0.2, 0.25) is 0 Å². The van der Waals surface area contributed by atoms with E-state index < -0.39 is 0 Å². The Bertz CT molecular complexity index is 318. The first kappa shape index (κ1) is 9.65. The molecule has 0 bridgehead atoms. The van der Waals surface area contributed by atoms with Gasteiger partial charge in [0.1, 0.15) is 5.69 Å². The molecule has 0 unspecified atom stereocenters. The Kier molecular flexibility index (Phi) is 3.38. The van der Waals surface area contributed by atoms with Gasteiger partial charge in [-0.1, -0.05) is 12.1 Å². The van der Waals surface area contributed by atoms with Crippen molar-refractivity contribution in [1.29, 1.82) is 0 Å². The molecular formula is C11H13NO. The van der Waals surface area contributed by atoms with Crippen molar-refractivity contribution in [2.24, 2.45) is 0 Å². The predicted molar refractivity (Wildman–Crippen MR) is 52.7 cm³/mol. The summed E-state index contributed by atoms with van der Waals surface area (Å²) >= 11 is 0. The van der Waals surface area contributed by atoms with E-state index >= 15 is 0 Å². The zero-order valence-corrected chi connectivity index (χ0v) is 7.79. The summed E-state index contributed by atoms with van der Waals surface area (Å²) in [7, 11) is 0. The number of aryl methyl sites for hydroxylation is 1. The van der Waals surface area contributed by atoms with Gasteiger partial charge in [0.05, 0.1) is 0 Å². The third-order valence-corrected chi connectivity index (χ3v) is 1.85. The standard InChI is InChI=1S/C11H13NO/c1-3-4-7-10(13)11-9(2)6-5-8-12-11/h3,5-6,8H,1,4,7H2,2H3. The average Bonchev–Trinajstić information content (AvgIpc) is 2.15. The summed E-state index contributed by atoms with van der Waals surface area (Å²) < 4.78 is 0. The van der Waals surface area contributed by atoms with Crippen LogP contribution in [0.5, 0.6) is 0 Å². The highest BCUT2D eigenvalue weighted by molar-refractivity contribution is 5.95. The van der Waals surface area contributed by atoms with E-state index in [4.69, 9.17) is 0 Å². The fourth-order valence-corrected chi connectivity index (χ4v) is 1.13. The monoisotopic (exact) mass is 175 g/mol. The minimum atomic E-state index is 0.0954. The smallest absolute Gasteiger partial charge is 0.181 e. The van der Waals surface area contributed by atoms with Crippen molar-refractivity contribution in [2.75, 3.05) is 0 Å². The largest absolute Gasteiger partial charge is 0.292 e. The number of pyridine rings is 1. The lowest BCUT2D eigenvalue weighted by Crippen LogP contribution is -2.03. The Morgan fingerprint density at radius 3 is 3.08 bits per heavy atom. The lowest BCUT2D eigenvalue weighted by Gasteiger charge is -2.00. The van der Waals surface area contributed by atoms with Gasteiger partial charge in [-0.25, -0.2) is 0 Å². The fourth-order valence-electron chi connectivity index (χ4n) is 1.13. The van der Waals surface area contributed by atoms with E-state index in [-0.39, 0.29) is 5.78 Å². The first-order valence-corrected chi connectivity index (χ1v) is 4.31. The Morgan fingerprint density at radius 2 is 2.46 bits per heavy atom. The first-order valence-electron chi connectivity index (χ1n) is 4.31. The average molecular weight is 175 g/mol. The summed E-state index contributed by atoms with van der Waals surface area (Å²) in [5.74, 6) is 0.0954. The van der Waals surface area contributed by atoms with Crippen LogP contribution < -0.4 is 0 Å². The SMILES string of the molecule is C=CCCC(=O)c1ncccc1C. The molecule has 0 radical (unpaired) electrons. The van der Waals surface area contributed by atoms with Crippen molar-refractivity contribution < 1.29 is 4.79 Å². The van der Waals surface area contributed by atoms with Crippen molar-refractivity contribution in [3.63, 3.8) is 0 Å². The minimum absolute atomic E-state index is 0.0954. The van der Waals surface area contributed by atoms with Crippen LogP contribution in [0, 0.1) is 6.92 Å². The molecule has 0 amide bonds. The molecule has 0 saturated carbocycles. The van der Waals surface area contributed by atoms with Gasteiger partial charge in [-0.3, -0.25) is 9.78 Å². The molecule has 2 nitrogen and oxygen atoms in total. The summed E-state index contributed by atoms with van der Waals surface area (Å²) in [6.07, 6.45) is 4.61. The molecule has 68 valence electrons. The number of aromatic nitrogens is 1. The predicted octanol–water partition coefficient (Wildman–Crippen LogP) is 2.54. The van der Waals surface area contributed by atoms with Gasteiger partial charge < -0.3 is 0 Å². The van der Waals surface area contributed by atoms with Crippen LogP contribution in [0.3, 0.4) is 0 Å². The lowest BCUT2D eigenvalue weighted by atomic mass is 10.1. The number of ketones is 1. The summed E-state index contributed by atoms with van der Waals surface area (Å²) in [6, 6.07) is 3.73. The summed E-state index contributed by atoms with van der Waals surface area (Å²) in [5.41, 5.74) is 1.53. The third kappa shape index (κ3) is 2.51. The number of carbonyl (C=O) groups excluding carboxylic acids is 1. The maximum absolute atomic E-state index is 11.5. The molecule has 0 aliphatic heterocycles. The van der Waals surface area contributed by atoms with Crippen LogP contribution in [0.2, 0.25) is 0 Å². The number of rotatable bonds is 4. The molecule has 0 aromatic carbocycles. The molecule has 1 aromatic rings. The highest BCUT2D eigenvalue weighted by Crippen LogP contribution is 2.07. The van der Waals surface area contributed by atoms with Crippen LogP contribution >= 0.6 is 0 Å². The first-order chi connectivity index (χ1) is 6.25. The Morgan fingerprint density at radius 1 is 1.69 bits per heavy atom. The molecule has 0 aliphatic carbocycles. The molecule has 0 saturated heterocycles. The number of Topliss-reactive ketones (excluding diaryl/α,β-unsaturated/α-hetero) is 1. The van der Waals surface area contributed by atoms with E-state index in [1.807, 2.05) is 19.1 Å². The number of allylic oxidation sites excluding steroid dienone is 1. The van der Waals surface area contributed by atoms with Gasteiger partial charge in [-0.15, -0.1) is 6.58 Å². The van der Waals surface area contributed by atoms with Gasteiger partial charge in [-0.2, -0.15) is 0 Å². The third-order valence-electron chi connectivity index (χ3n) is 1.85. The van der Waals surface area contributed by atoms with Gasteiger partial charge >= 0.3 is 0 Å². The van der Waals surface area contributed by atoms with Gasteiger partial charge in [0.15, 0.2) is 5.78 Å². The molecule has 1 rings (SSSR count). The number of hydrogen-bond donors (Lipinski definition) is 0. The van der Waals surface area contributed by atoms with E-state index in [9.17, 15) is 4.79 Å². The van der Waals surface area contributed by atoms with E-state index in [0.29, 0.717) is 12.1 Å². The van der Waals surface area contributed by atoms with E-state index in [2.05, 4.69) is 11.6 Å². The summed E-state index contributed by atoms with van der Waals surface area (Å²) in [5, 5.41) is 0. The van der Waals surface area contributed by atoms with Crippen LogP contribution in [0.1, 0.15) is 28.9 Å². The molecule has 0 atom stereocenters. The number of hydrogen-bond acceptors (Lipinski definition) is 2. The van der Waals surface area contributed by atoms with Crippen LogP contribution in [0.25, 0.3) is 0 Å². The Labute approximate surface area is 78.3 Å². The van der Waals surface area contributed by atoms with E-state index in [1.54, 1.807) is 12.3 Å². The van der Waals surface area contributed by atoms with Crippen LogP contribution in [0.4, 0.5) is 0 Å². The highest BCUT2D eigenvalue weighted by Gasteiger charge is 2.07. The van der Waals surface area contributed by atoms with Gasteiger partial charge in [-0.05, 0) is 25.0 Å². The molecule has 1 heterocycles. The van der Waals surface area contributed by atoms with Crippen LogP contribution in [-0.4, -0.2) is 10.8 Å². The number of carbonyl (C=O) groups is 1. The number of nitrogens with zero attached hydrogens (tertiary/aromatic N) is 1. The maximum Gasteiger partial charge on any atom is 0.181 e. The Balaban J connectivity index is 2.76. The maximum atomic E-state index is 11.5. The van der Waals surface area contributed by atoms with Crippen molar-refractivity contribution in [3.8, 4) is 0 Å². The van der Waals surface area contributed by atoms with Gasteiger partial charge in [0.25, 0.3) is 0 Å². The molecule has 0 N–H and O–H groups in total. The molecule has 0 fully saturated rings. The summed E-state index contributed by atoms with van der Waals surface area (Å²) in [6.45, 7) is 5.47. The van der Waals surface area contributed by atoms with Crippen LogP contribution in [0.15, 0.2) is 31.0 Å². The van der Waals surface area contributed by atoms with Crippen molar-refractivity contribution in [3.05, 3.63) is 42.2 Å².